The molecule has 4 aromatic rings. The molecule has 35 heavy (non-hydrogen) atoms. The molecular weight excluding hydrogens is 446 g/mol. The summed E-state index contributed by atoms with van der Waals surface area (Å²) in [4.78, 5) is 43.5. The van der Waals surface area contributed by atoms with Gasteiger partial charge in [-0.25, -0.2) is 14.8 Å². The van der Waals surface area contributed by atoms with E-state index in [0.29, 0.717) is 38.6 Å². The van der Waals surface area contributed by atoms with Gasteiger partial charge in [-0.3, -0.25) is 19.4 Å². The summed E-state index contributed by atoms with van der Waals surface area (Å²) < 4.78 is 6.76. The van der Waals surface area contributed by atoms with Crippen molar-refractivity contribution >= 4 is 22.9 Å². The van der Waals surface area contributed by atoms with E-state index in [1.165, 1.54) is 7.11 Å². The molecule has 0 bridgehead atoms. The average Bonchev–Trinajstić information content (AvgIpc) is 2.89. The number of hydroxylamine groups is 2. The number of methoxy groups -OCH3 is 1. The van der Waals surface area contributed by atoms with Crippen LogP contribution in [0.5, 0.6) is 0 Å². The van der Waals surface area contributed by atoms with Crippen molar-refractivity contribution in [1.82, 2.24) is 14.6 Å². The molecule has 2 heterocycles. The number of nitrogens with zero attached hydrogens (tertiary/aromatic N) is 3. The molecule has 0 radical (unpaired) electrons. The van der Waals surface area contributed by atoms with Gasteiger partial charge >= 0.3 is 5.97 Å². The summed E-state index contributed by atoms with van der Waals surface area (Å²) in [5.41, 5.74) is 2.81. The second-order valence-corrected chi connectivity index (χ2v) is 8.04. The summed E-state index contributed by atoms with van der Waals surface area (Å²) in [5, 5.41) is 10.7. The first-order valence-electron chi connectivity index (χ1n) is 11.1. The van der Waals surface area contributed by atoms with Gasteiger partial charge in [0, 0.05) is 35.5 Å². The number of para-hydroxylation sites is 1. The van der Waals surface area contributed by atoms with E-state index < -0.39 is 11.9 Å². The van der Waals surface area contributed by atoms with Gasteiger partial charge in [0.15, 0.2) is 5.43 Å². The molecule has 0 atom stereocenters. The van der Waals surface area contributed by atoms with Crippen LogP contribution in [0.3, 0.4) is 0 Å². The number of rotatable bonds is 6. The Hall–Kier alpha value is -4.30. The summed E-state index contributed by atoms with van der Waals surface area (Å²) in [6, 6.07) is 19.2. The first-order valence-corrected chi connectivity index (χ1v) is 11.1. The molecule has 0 spiro atoms. The van der Waals surface area contributed by atoms with Crippen molar-refractivity contribution in [3.8, 4) is 5.69 Å². The fraction of sp³-hybridized carbons (Fsp3) is 0.185. The molecule has 4 rings (SSSR count). The first kappa shape index (κ1) is 23.8. The lowest BCUT2D eigenvalue weighted by Crippen LogP contribution is -2.27. The predicted octanol–water partition coefficient (Wildman–Crippen LogP) is 3.92. The molecule has 0 fully saturated rings. The molecule has 1 amide bonds. The van der Waals surface area contributed by atoms with Crippen molar-refractivity contribution in [2.45, 2.75) is 20.3 Å². The lowest BCUT2D eigenvalue weighted by molar-refractivity contribution is -0.0541. The van der Waals surface area contributed by atoms with Gasteiger partial charge in [0.25, 0.3) is 5.91 Å². The molecule has 0 saturated carbocycles. The second-order valence-electron chi connectivity index (χ2n) is 8.04. The van der Waals surface area contributed by atoms with Crippen LogP contribution in [-0.2, 0) is 11.2 Å². The zero-order valence-electron chi connectivity index (χ0n) is 19.7. The average molecular weight is 472 g/mol. The number of aromatic nitrogens is 2. The normalized spacial score (nSPS) is 10.9. The van der Waals surface area contributed by atoms with Crippen LogP contribution in [0.25, 0.3) is 16.7 Å². The van der Waals surface area contributed by atoms with Gasteiger partial charge < -0.3 is 4.74 Å². The Kier molecular flexibility index (Phi) is 6.75. The van der Waals surface area contributed by atoms with Crippen molar-refractivity contribution in [2.24, 2.45) is 0 Å². The maximum Gasteiger partial charge on any atom is 0.355 e. The minimum atomic E-state index is -0.656. The van der Waals surface area contributed by atoms with Crippen molar-refractivity contribution in [3.05, 3.63) is 105 Å². The van der Waals surface area contributed by atoms with Crippen molar-refractivity contribution in [2.75, 3.05) is 13.7 Å². The number of carbonyl (C=O) groups is 2. The Labute approximate surface area is 202 Å². The predicted molar refractivity (Wildman–Crippen MR) is 131 cm³/mol. The smallest absolute Gasteiger partial charge is 0.355 e. The molecule has 1 N–H and O–H groups in total. The van der Waals surface area contributed by atoms with Crippen molar-refractivity contribution in [1.29, 1.82) is 0 Å². The highest BCUT2D eigenvalue weighted by Gasteiger charge is 2.25. The molecule has 0 aliphatic heterocycles. The third-order valence-corrected chi connectivity index (χ3v) is 5.76. The SMILES string of the molecule is CCN(O)C(=O)c1ccc(Cc2c(C(=O)OC)n(-c3ccccc3)c3nc(C)ccc3c2=O)cc1. The third-order valence-electron chi connectivity index (χ3n) is 5.76. The zero-order chi connectivity index (χ0) is 25.1. The Morgan fingerprint density at radius 2 is 1.71 bits per heavy atom. The van der Waals surface area contributed by atoms with Gasteiger partial charge in [-0.15, -0.1) is 0 Å². The van der Waals surface area contributed by atoms with Gasteiger partial charge in [-0.05, 0) is 55.8 Å². The number of esters is 1. The molecule has 178 valence electrons. The molecule has 0 aliphatic carbocycles. The standard InChI is InChI=1S/C27H25N3O5/c1-4-29(34)26(32)19-13-11-18(12-14-19)16-22-23(27(33)35-3)30(20-8-6-5-7-9-20)25-21(24(22)31)15-10-17(2)28-25/h5-15,34H,4,16H2,1-3H3. The Morgan fingerprint density at radius 1 is 1.03 bits per heavy atom. The summed E-state index contributed by atoms with van der Waals surface area (Å²) in [7, 11) is 1.27. The van der Waals surface area contributed by atoms with E-state index in [0.717, 1.165) is 0 Å². The number of hydrogen-bond donors (Lipinski definition) is 1. The van der Waals surface area contributed by atoms with Gasteiger partial charge in [-0.1, -0.05) is 30.3 Å². The van der Waals surface area contributed by atoms with E-state index in [1.807, 2.05) is 37.3 Å². The molecule has 0 saturated heterocycles. The summed E-state index contributed by atoms with van der Waals surface area (Å²) in [5.74, 6) is -1.18. The van der Waals surface area contributed by atoms with Gasteiger partial charge in [0.05, 0.1) is 12.5 Å². The Balaban J connectivity index is 1.94. The van der Waals surface area contributed by atoms with Crippen molar-refractivity contribution in [3.63, 3.8) is 0 Å². The van der Waals surface area contributed by atoms with E-state index in [-0.39, 0.29) is 29.7 Å². The number of benzene rings is 2. The zero-order valence-corrected chi connectivity index (χ0v) is 19.7. The monoisotopic (exact) mass is 471 g/mol. The summed E-state index contributed by atoms with van der Waals surface area (Å²) in [6.07, 6.45) is 0.130. The Morgan fingerprint density at radius 3 is 2.34 bits per heavy atom. The number of amides is 1. The van der Waals surface area contributed by atoms with Crippen molar-refractivity contribution < 1.29 is 19.5 Å². The molecule has 2 aromatic carbocycles. The fourth-order valence-electron chi connectivity index (χ4n) is 3.97. The molecular formula is C27H25N3O5. The summed E-state index contributed by atoms with van der Waals surface area (Å²) in [6.45, 7) is 3.64. The van der Waals surface area contributed by atoms with E-state index in [9.17, 15) is 19.6 Å². The maximum atomic E-state index is 13.6. The number of aryl methyl sites for hydroxylation is 1. The van der Waals surface area contributed by atoms with Gasteiger partial charge in [-0.2, -0.15) is 0 Å². The van der Waals surface area contributed by atoms with Crippen LogP contribution < -0.4 is 5.43 Å². The first-order chi connectivity index (χ1) is 16.8. The van der Waals surface area contributed by atoms with Crippen LogP contribution in [-0.4, -0.2) is 45.4 Å². The number of pyridine rings is 2. The molecule has 0 aliphatic rings. The Bertz CT molecular complexity index is 1460. The van der Waals surface area contributed by atoms with Crippen LogP contribution >= 0.6 is 0 Å². The molecule has 0 unspecified atom stereocenters. The number of ether oxygens (including phenoxy) is 1. The van der Waals surface area contributed by atoms with Crippen LogP contribution in [0.4, 0.5) is 0 Å². The largest absolute Gasteiger partial charge is 0.464 e. The lowest BCUT2D eigenvalue weighted by atomic mass is 9.99. The van der Waals surface area contributed by atoms with E-state index in [2.05, 4.69) is 4.98 Å². The maximum absolute atomic E-state index is 13.6. The quantitative estimate of drug-likeness (QED) is 0.260. The second kappa shape index (κ2) is 9.90. The minimum Gasteiger partial charge on any atom is -0.464 e. The highest BCUT2D eigenvalue weighted by Crippen LogP contribution is 2.24. The lowest BCUT2D eigenvalue weighted by Gasteiger charge is -2.19. The number of carbonyl (C=O) groups excluding carboxylic acids is 2. The van der Waals surface area contributed by atoms with E-state index in [1.54, 1.807) is 47.9 Å². The van der Waals surface area contributed by atoms with Gasteiger partial charge in [0.1, 0.15) is 11.3 Å². The number of hydrogen-bond acceptors (Lipinski definition) is 6. The van der Waals surface area contributed by atoms with E-state index in [4.69, 9.17) is 4.74 Å². The molecule has 8 nitrogen and oxygen atoms in total. The highest BCUT2D eigenvalue weighted by atomic mass is 16.5. The van der Waals surface area contributed by atoms with Crippen LogP contribution in [0, 0.1) is 6.92 Å². The van der Waals surface area contributed by atoms with Crippen LogP contribution in [0.2, 0.25) is 0 Å². The third kappa shape index (κ3) is 4.56. The van der Waals surface area contributed by atoms with Crippen LogP contribution in [0.1, 0.15) is 44.6 Å². The van der Waals surface area contributed by atoms with Crippen LogP contribution in [0.15, 0.2) is 71.5 Å². The van der Waals surface area contributed by atoms with E-state index >= 15 is 0 Å². The molecule has 2 aromatic heterocycles. The molecule has 8 heteroatoms. The minimum absolute atomic E-state index is 0.0990. The number of fused-ring (bicyclic) bond motifs is 1. The topological polar surface area (TPSA) is 102 Å². The summed E-state index contributed by atoms with van der Waals surface area (Å²) >= 11 is 0. The highest BCUT2D eigenvalue weighted by molar-refractivity contribution is 5.95. The van der Waals surface area contributed by atoms with Gasteiger partial charge in [0.2, 0.25) is 0 Å². The fourth-order valence-corrected chi connectivity index (χ4v) is 3.97.